The van der Waals surface area contributed by atoms with Crippen molar-refractivity contribution in [3.63, 3.8) is 0 Å². The lowest BCUT2D eigenvalue weighted by molar-refractivity contribution is -0.115. The molecule has 0 spiro atoms. The highest BCUT2D eigenvalue weighted by molar-refractivity contribution is 7.17. The van der Waals surface area contributed by atoms with Crippen LogP contribution in [0.1, 0.15) is 75.6 Å². The van der Waals surface area contributed by atoms with Crippen molar-refractivity contribution in [3.05, 3.63) is 32.0 Å². The van der Waals surface area contributed by atoms with Crippen LogP contribution in [0.25, 0.3) is 0 Å². The van der Waals surface area contributed by atoms with Gasteiger partial charge in [0.15, 0.2) is 6.29 Å². The van der Waals surface area contributed by atoms with Crippen LogP contribution in [0.5, 0.6) is 0 Å². The number of amides is 2. The summed E-state index contributed by atoms with van der Waals surface area (Å²) in [4.78, 5) is 47.9. The predicted molar refractivity (Wildman–Crippen MR) is 137 cm³/mol. The fourth-order valence-corrected chi connectivity index (χ4v) is 6.28. The van der Waals surface area contributed by atoms with E-state index < -0.39 is 12.3 Å². The molecule has 0 saturated heterocycles. The molecule has 0 aromatic carbocycles. The predicted octanol–water partition coefficient (Wildman–Crippen LogP) is 3.40. The third-order valence-electron chi connectivity index (χ3n) is 5.25. The molecule has 0 fully saturated rings. The number of thiophene rings is 2. The molecule has 2 aliphatic heterocycles. The number of rotatable bonds is 6. The Kier molecular flexibility index (Phi) is 10.2. The number of carbonyl (C=O) groups excluding carboxylic acids is 4. The quantitative estimate of drug-likeness (QED) is 0.457. The molecule has 2 aliphatic rings. The Labute approximate surface area is 222 Å². The summed E-state index contributed by atoms with van der Waals surface area (Å²) in [5.41, 5.74) is 2.48. The normalized spacial score (nSPS) is 15.9. The van der Waals surface area contributed by atoms with E-state index in [1.807, 2.05) is 0 Å². The highest BCUT2D eigenvalue weighted by atomic mass is 32.1. The van der Waals surface area contributed by atoms with Gasteiger partial charge < -0.3 is 34.7 Å². The van der Waals surface area contributed by atoms with Gasteiger partial charge in [-0.15, -0.1) is 22.7 Å². The minimum atomic E-state index is -1.05. The first-order chi connectivity index (χ1) is 17.7. The van der Waals surface area contributed by atoms with Crippen molar-refractivity contribution in [2.75, 3.05) is 37.1 Å². The zero-order valence-corrected chi connectivity index (χ0v) is 22.7. The number of carbonyl (C=O) groups is 4. The van der Waals surface area contributed by atoms with Gasteiger partial charge in [0.1, 0.15) is 10.0 Å². The molecule has 1 unspecified atom stereocenters. The summed E-state index contributed by atoms with van der Waals surface area (Å²) in [7, 11) is 0. The van der Waals surface area contributed by atoms with Crippen LogP contribution in [0, 0.1) is 0 Å². The average Bonchev–Trinajstić information content (AvgIpc) is 3.37. The van der Waals surface area contributed by atoms with Crippen molar-refractivity contribution in [1.82, 2.24) is 0 Å². The maximum Gasteiger partial charge on any atom is 0.341 e. The lowest BCUT2D eigenvalue weighted by atomic mass is 10.1. The van der Waals surface area contributed by atoms with E-state index in [-0.39, 0.29) is 24.4 Å². The van der Waals surface area contributed by atoms with Gasteiger partial charge >= 0.3 is 11.9 Å². The summed E-state index contributed by atoms with van der Waals surface area (Å²) in [5, 5.41) is 16.0. The second-order valence-electron chi connectivity index (χ2n) is 7.94. The molecule has 202 valence electrons. The average molecular weight is 555 g/mol. The monoisotopic (exact) mass is 554 g/mol. The Balaban J connectivity index is 0.000000206. The maximum atomic E-state index is 12.0. The summed E-state index contributed by atoms with van der Waals surface area (Å²) in [6.07, 6.45) is 0.139. The SMILES string of the molecule is CCOC(=O)c1c(NC(C)=O)sc2c1CCOC2.CCOC(=O)c1c(NC(C)=O)sc2c1CCOC2O. The maximum absolute atomic E-state index is 12.0. The summed E-state index contributed by atoms with van der Waals surface area (Å²) in [5.74, 6) is -1.34. The lowest BCUT2D eigenvalue weighted by Gasteiger charge is -2.18. The molecule has 4 heterocycles. The van der Waals surface area contributed by atoms with Crippen LogP contribution in [0.2, 0.25) is 0 Å². The molecule has 0 saturated carbocycles. The number of fused-ring (bicyclic) bond motifs is 2. The summed E-state index contributed by atoms with van der Waals surface area (Å²) >= 11 is 2.53. The van der Waals surface area contributed by atoms with Gasteiger partial charge in [-0.05, 0) is 37.8 Å². The summed E-state index contributed by atoms with van der Waals surface area (Å²) < 4.78 is 20.5. The van der Waals surface area contributed by atoms with E-state index in [1.54, 1.807) is 13.8 Å². The van der Waals surface area contributed by atoms with Gasteiger partial charge in [0.25, 0.3) is 0 Å². The molecule has 2 aromatic rings. The van der Waals surface area contributed by atoms with E-state index in [0.717, 1.165) is 21.8 Å². The second-order valence-corrected chi connectivity index (χ2v) is 10.1. The second kappa shape index (κ2) is 13.1. The Hall–Kier alpha value is -2.84. The van der Waals surface area contributed by atoms with Crippen LogP contribution < -0.4 is 10.6 Å². The molecule has 37 heavy (non-hydrogen) atoms. The smallest absolute Gasteiger partial charge is 0.341 e. The number of anilines is 2. The van der Waals surface area contributed by atoms with E-state index in [2.05, 4.69) is 10.6 Å². The largest absolute Gasteiger partial charge is 0.462 e. The van der Waals surface area contributed by atoms with Crippen LogP contribution >= 0.6 is 22.7 Å². The topological polar surface area (TPSA) is 149 Å². The van der Waals surface area contributed by atoms with Gasteiger partial charge in [-0.25, -0.2) is 9.59 Å². The molecule has 4 rings (SSSR count). The van der Waals surface area contributed by atoms with Crippen molar-refractivity contribution >= 4 is 56.4 Å². The number of aliphatic hydroxyl groups is 1. The molecule has 11 nitrogen and oxygen atoms in total. The van der Waals surface area contributed by atoms with Gasteiger partial charge in [-0.3, -0.25) is 9.59 Å². The fraction of sp³-hybridized carbons (Fsp3) is 0.500. The van der Waals surface area contributed by atoms with Crippen LogP contribution in [0.3, 0.4) is 0 Å². The lowest BCUT2D eigenvalue weighted by Crippen LogP contribution is -2.17. The van der Waals surface area contributed by atoms with Gasteiger partial charge in [-0.1, -0.05) is 0 Å². The van der Waals surface area contributed by atoms with E-state index in [4.69, 9.17) is 18.9 Å². The molecule has 0 radical (unpaired) electrons. The molecule has 0 aliphatic carbocycles. The van der Waals surface area contributed by atoms with Crippen molar-refractivity contribution in [1.29, 1.82) is 0 Å². The Morgan fingerprint density at radius 1 is 0.892 bits per heavy atom. The zero-order chi connectivity index (χ0) is 27.1. The Bertz CT molecular complexity index is 1170. The van der Waals surface area contributed by atoms with E-state index >= 15 is 0 Å². The Morgan fingerprint density at radius 3 is 2.00 bits per heavy atom. The van der Waals surface area contributed by atoms with Gasteiger partial charge in [-0.2, -0.15) is 0 Å². The van der Waals surface area contributed by atoms with Crippen LogP contribution in [-0.2, 0) is 48.0 Å². The third-order valence-corrected chi connectivity index (χ3v) is 7.55. The first-order valence-corrected chi connectivity index (χ1v) is 13.4. The zero-order valence-electron chi connectivity index (χ0n) is 21.1. The van der Waals surface area contributed by atoms with Crippen molar-refractivity contribution < 1.29 is 43.2 Å². The number of hydrogen-bond donors (Lipinski definition) is 3. The molecule has 13 heteroatoms. The number of hydrogen-bond acceptors (Lipinski definition) is 11. The first kappa shape index (κ1) is 28.7. The van der Waals surface area contributed by atoms with E-state index in [0.29, 0.717) is 70.8 Å². The number of nitrogens with one attached hydrogen (secondary N) is 2. The van der Waals surface area contributed by atoms with Crippen molar-refractivity contribution in [2.24, 2.45) is 0 Å². The number of aliphatic hydroxyl groups excluding tert-OH is 1. The first-order valence-electron chi connectivity index (χ1n) is 11.7. The molecular weight excluding hydrogens is 524 g/mol. The molecule has 0 bridgehead atoms. The van der Waals surface area contributed by atoms with Crippen LogP contribution in [0.4, 0.5) is 10.0 Å². The fourth-order valence-electron chi connectivity index (χ4n) is 3.85. The van der Waals surface area contributed by atoms with Crippen LogP contribution in [0.15, 0.2) is 0 Å². The molecule has 3 N–H and O–H groups in total. The minimum Gasteiger partial charge on any atom is -0.462 e. The van der Waals surface area contributed by atoms with E-state index in [9.17, 15) is 24.3 Å². The third kappa shape index (κ3) is 6.93. The van der Waals surface area contributed by atoms with Crippen molar-refractivity contribution in [2.45, 2.75) is 53.4 Å². The van der Waals surface area contributed by atoms with Gasteiger partial charge in [0.05, 0.1) is 49.0 Å². The van der Waals surface area contributed by atoms with Gasteiger partial charge in [0.2, 0.25) is 11.8 Å². The molecule has 2 amide bonds. The molecule has 1 atom stereocenters. The molecule has 2 aromatic heterocycles. The Morgan fingerprint density at radius 2 is 1.43 bits per heavy atom. The van der Waals surface area contributed by atoms with Gasteiger partial charge in [0, 0.05) is 18.7 Å². The highest BCUT2D eigenvalue weighted by Crippen LogP contribution is 2.41. The van der Waals surface area contributed by atoms with Crippen LogP contribution in [-0.4, -0.2) is 55.3 Å². The number of ether oxygens (including phenoxy) is 4. The molecular formula is C24H30N2O9S2. The minimum absolute atomic E-state index is 0.194. The van der Waals surface area contributed by atoms with E-state index in [1.165, 1.54) is 25.2 Å². The summed E-state index contributed by atoms with van der Waals surface area (Å²) in [6.45, 7) is 8.25. The standard InChI is InChI=1S/C12H15NO5S.C12H15NO4S/c1-3-17-11(15)8-7-4-5-18-12(16)9(7)19-10(8)13-6(2)14;1-3-17-12(15)10-8-4-5-16-6-9(8)18-11(10)13-7(2)14/h12,16H,3-5H2,1-2H3,(H,13,14);3-6H2,1-2H3,(H,13,14). The number of esters is 2. The highest BCUT2D eigenvalue weighted by Gasteiger charge is 2.31. The van der Waals surface area contributed by atoms with Crippen molar-refractivity contribution in [3.8, 4) is 0 Å². The summed E-state index contributed by atoms with van der Waals surface area (Å²) in [6, 6.07) is 0.